The maximum absolute atomic E-state index is 14.4. The monoisotopic (exact) mass is 362 g/mol. The molecule has 2 amide bonds. The minimum Gasteiger partial charge on any atom is -0.453 e. The zero-order valence-electron chi connectivity index (χ0n) is 15.3. The molecule has 26 heavy (non-hydrogen) atoms. The molecule has 1 atom stereocenters. The Hall–Kier alpha value is -2.11. The number of likely N-dealkylation sites (tertiary alicyclic amines) is 1. The number of carbonyl (C=O) groups excluding carboxylic acids is 2. The van der Waals surface area contributed by atoms with Crippen molar-refractivity contribution in [2.24, 2.45) is 0 Å². The lowest BCUT2D eigenvalue weighted by molar-refractivity contribution is -0.127. The third-order valence-electron chi connectivity index (χ3n) is 5.82. The molecule has 2 fully saturated rings. The van der Waals surface area contributed by atoms with Gasteiger partial charge in [-0.2, -0.15) is 0 Å². The molecule has 1 heterocycles. The molecule has 6 heteroatoms. The van der Waals surface area contributed by atoms with Crippen molar-refractivity contribution in [3.63, 3.8) is 0 Å². The van der Waals surface area contributed by atoms with Crippen molar-refractivity contribution in [2.45, 2.75) is 56.4 Å². The molecule has 3 rings (SSSR count). The summed E-state index contributed by atoms with van der Waals surface area (Å²) in [6.07, 6.45) is 5.73. The summed E-state index contributed by atoms with van der Waals surface area (Å²) in [6.45, 7) is 0.932. The minimum atomic E-state index is -0.504. The number of piperidine rings is 1. The Morgan fingerprint density at radius 1 is 1.23 bits per heavy atom. The third kappa shape index (κ3) is 3.69. The molecule has 142 valence electrons. The average Bonchev–Trinajstić information content (AvgIpc) is 3.15. The van der Waals surface area contributed by atoms with Crippen LogP contribution in [0.5, 0.6) is 0 Å². The molecule has 5 nitrogen and oxygen atoms in total. The van der Waals surface area contributed by atoms with Crippen molar-refractivity contribution < 1.29 is 18.7 Å². The van der Waals surface area contributed by atoms with Gasteiger partial charge in [0.2, 0.25) is 5.91 Å². The molecule has 0 bridgehead atoms. The number of methoxy groups -OCH3 is 1. The van der Waals surface area contributed by atoms with Gasteiger partial charge in [-0.3, -0.25) is 9.69 Å². The van der Waals surface area contributed by atoms with E-state index in [4.69, 9.17) is 4.74 Å². The van der Waals surface area contributed by atoms with Gasteiger partial charge in [0.15, 0.2) is 0 Å². The van der Waals surface area contributed by atoms with Crippen LogP contribution in [0.1, 0.15) is 50.5 Å². The Balaban J connectivity index is 1.72. The summed E-state index contributed by atoms with van der Waals surface area (Å²) in [4.78, 5) is 26.2. The quantitative estimate of drug-likeness (QED) is 0.893. The van der Waals surface area contributed by atoms with E-state index in [1.165, 1.54) is 18.1 Å². The highest BCUT2D eigenvalue weighted by molar-refractivity contribution is 5.85. The fourth-order valence-electron chi connectivity index (χ4n) is 4.40. The second-order valence-electron chi connectivity index (χ2n) is 7.36. The number of amides is 2. The fraction of sp³-hybridized carbons (Fsp3) is 0.600. The molecule has 1 aliphatic carbocycles. The van der Waals surface area contributed by atoms with Crippen molar-refractivity contribution in [3.05, 3.63) is 35.6 Å². The van der Waals surface area contributed by atoms with E-state index >= 15 is 0 Å². The predicted molar refractivity (Wildman–Crippen MR) is 96.3 cm³/mol. The van der Waals surface area contributed by atoms with Crippen LogP contribution in [0.15, 0.2) is 24.3 Å². The van der Waals surface area contributed by atoms with Crippen LogP contribution in [-0.2, 0) is 14.9 Å². The molecule has 1 aliphatic heterocycles. The number of nitrogens with zero attached hydrogens (tertiary/aromatic N) is 1. The van der Waals surface area contributed by atoms with Gasteiger partial charge in [0, 0.05) is 18.5 Å². The van der Waals surface area contributed by atoms with Crippen molar-refractivity contribution in [1.29, 1.82) is 0 Å². The second-order valence-corrected chi connectivity index (χ2v) is 7.36. The Bertz CT molecular complexity index is 658. The van der Waals surface area contributed by atoms with E-state index in [-0.39, 0.29) is 17.1 Å². The van der Waals surface area contributed by atoms with E-state index in [1.54, 1.807) is 6.07 Å². The van der Waals surface area contributed by atoms with E-state index < -0.39 is 12.1 Å². The Kier molecular flexibility index (Phi) is 5.79. The second kappa shape index (κ2) is 8.06. The number of carbonyl (C=O) groups is 2. The zero-order valence-corrected chi connectivity index (χ0v) is 15.3. The highest BCUT2D eigenvalue weighted by atomic mass is 19.1. The number of benzene rings is 1. The summed E-state index contributed by atoms with van der Waals surface area (Å²) >= 11 is 0. The van der Waals surface area contributed by atoms with Gasteiger partial charge in [-0.15, -0.1) is 0 Å². The van der Waals surface area contributed by atoms with Gasteiger partial charge in [0.1, 0.15) is 11.9 Å². The molecule has 1 unspecified atom stereocenters. The van der Waals surface area contributed by atoms with Gasteiger partial charge in [-0.1, -0.05) is 31.0 Å². The van der Waals surface area contributed by atoms with Gasteiger partial charge >= 0.3 is 6.09 Å². The minimum absolute atomic E-state index is 0.169. The highest BCUT2D eigenvalue weighted by Crippen LogP contribution is 2.41. The average molecular weight is 362 g/mol. The number of hydrogen-bond acceptors (Lipinski definition) is 3. The first kappa shape index (κ1) is 18.7. The Morgan fingerprint density at radius 2 is 1.96 bits per heavy atom. The van der Waals surface area contributed by atoms with E-state index in [1.807, 2.05) is 12.1 Å². The number of ether oxygens (including phenoxy) is 1. The third-order valence-corrected chi connectivity index (χ3v) is 5.82. The maximum Gasteiger partial charge on any atom is 0.410 e. The van der Waals surface area contributed by atoms with E-state index in [9.17, 15) is 14.0 Å². The van der Waals surface area contributed by atoms with Crippen LogP contribution in [0, 0.1) is 5.82 Å². The van der Waals surface area contributed by atoms with Gasteiger partial charge in [0.05, 0.1) is 7.11 Å². The molecule has 0 aromatic heterocycles. The molecule has 2 aliphatic rings. The Labute approximate surface area is 153 Å². The van der Waals surface area contributed by atoms with Crippen LogP contribution in [0.25, 0.3) is 0 Å². The predicted octanol–water partition coefficient (Wildman–Crippen LogP) is 3.37. The molecule has 1 aromatic carbocycles. The molecule has 1 saturated heterocycles. The maximum atomic E-state index is 14.4. The molecule has 1 aromatic rings. The van der Waals surface area contributed by atoms with E-state index in [0.29, 0.717) is 25.1 Å². The van der Waals surface area contributed by atoms with Crippen LogP contribution in [-0.4, -0.2) is 43.1 Å². The lowest BCUT2D eigenvalue weighted by atomic mass is 9.78. The summed E-state index contributed by atoms with van der Waals surface area (Å²) in [5, 5.41) is 3.01. The first-order valence-corrected chi connectivity index (χ1v) is 9.45. The topological polar surface area (TPSA) is 58.6 Å². The summed E-state index contributed by atoms with van der Waals surface area (Å²) in [5.41, 5.74) is 0.331. The van der Waals surface area contributed by atoms with Crippen molar-refractivity contribution >= 4 is 12.0 Å². The number of nitrogens with one attached hydrogen (secondary N) is 1. The normalized spacial score (nSPS) is 22.1. The standard InChI is InChI=1S/C20H27FN2O3/c1-26-19(25)23-13-7-4-10-17(23)18(24)22-14-20(11-5-6-12-20)15-8-2-3-9-16(15)21/h2-3,8-9,17H,4-7,10-14H2,1H3,(H,22,24). The zero-order chi connectivity index (χ0) is 18.6. The lowest BCUT2D eigenvalue weighted by Gasteiger charge is -2.35. The van der Waals surface area contributed by atoms with Crippen LogP contribution in [0.4, 0.5) is 9.18 Å². The smallest absolute Gasteiger partial charge is 0.410 e. The van der Waals surface area contributed by atoms with Gasteiger partial charge in [-0.25, -0.2) is 9.18 Å². The van der Waals surface area contributed by atoms with Gasteiger partial charge < -0.3 is 10.1 Å². The van der Waals surface area contributed by atoms with Crippen molar-refractivity contribution in [2.75, 3.05) is 20.2 Å². The molecule has 0 radical (unpaired) electrons. The van der Waals surface area contributed by atoms with Crippen molar-refractivity contribution in [1.82, 2.24) is 10.2 Å². The SMILES string of the molecule is COC(=O)N1CCCCC1C(=O)NCC1(c2ccccc2F)CCCC1. The number of halogens is 1. The first-order valence-electron chi connectivity index (χ1n) is 9.45. The van der Waals surface area contributed by atoms with Crippen LogP contribution >= 0.6 is 0 Å². The Morgan fingerprint density at radius 3 is 2.65 bits per heavy atom. The van der Waals surface area contributed by atoms with Gasteiger partial charge in [-0.05, 0) is 43.7 Å². The van der Waals surface area contributed by atoms with Crippen molar-refractivity contribution in [3.8, 4) is 0 Å². The largest absolute Gasteiger partial charge is 0.453 e. The van der Waals surface area contributed by atoms with Crippen LogP contribution in [0.2, 0.25) is 0 Å². The molecule has 0 spiro atoms. The molecular formula is C20H27FN2O3. The molecule has 1 saturated carbocycles. The van der Waals surface area contributed by atoms with Gasteiger partial charge in [0.25, 0.3) is 0 Å². The summed E-state index contributed by atoms with van der Waals surface area (Å²) < 4.78 is 19.2. The summed E-state index contributed by atoms with van der Waals surface area (Å²) in [6, 6.07) is 6.35. The van der Waals surface area contributed by atoms with Crippen LogP contribution in [0.3, 0.4) is 0 Å². The van der Waals surface area contributed by atoms with E-state index in [2.05, 4.69) is 5.32 Å². The molecule has 1 N–H and O–H groups in total. The molecular weight excluding hydrogens is 335 g/mol. The fourth-order valence-corrected chi connectivity index (χ4v) is 4.40. The lowest BCUT2D eigenvalue weighted by Crippen LogP contribution is -2.53. The number of rotatable bonds is 4. The summed E-state index contributed by atoms with van der Waals surface area (Å²) in [7, 11) is 1.33. The number of hydrogen-bond donors (Lipinski definition) is 1. The first-order chi connectivity index (χ1) is 12.6. The van der Waals surface area contributed by atoms with Crippen LogP contribution < -0.4 is 5.32 Å². The van der Waals surface area contributed by atoms with E-state index in [0.717, 1.165) is 38.5 Å². The highest BCUT2D eigenvalue weighted by Gasteiger charge is 2.39. The summed E-state index contributed by atoms with van der Waals surface area (Å²) in [5.74, 6) is -0.379.